The van der Waals surface area contributed by atoms with Crippen LogP contribution in [0.15, 0.2) is 77.7 Å². The number of likely N-dealkylation sites (N-methyl/N-ethyl adjacent to an activating group) is 1. The van der Waals surface area contributed by atoms with Gasteiger partial charge in [0.05, 0.1) is 30.1 Å². The van der Waals surface area contributed by atoms with Crippen LogP contribution < -0.4 is 0 Å². The Kier molecular flexibility index (Phi) is 5.40. The van der Waals surface area contributed by atoms with Gasteiger partial charge in [-0.2, -0.15) is 5.10 Å². The highest BCUT2D eigenvalue weighted by Crippen LogP contribution is 2.29. The van der Waals surface area contributed by atoms with Gasteiger partial charge in [-0.1, -0.05) is 24.3 Å². The standard InChI is InChI=1S/C25H25FN4O/c1-28-11-13-29(14-12-28)17-22-16-27-30(25(22)21-10-15-31-18-21)24-8-4-20(5-9-24)19-2-6-23(26)7-3-19/h2-10,15-16,18H,11-14,17H2,1H3. The fraction of sp³-hybridized carbons (Fsp3) is 0.240. The summed E-state index contributed by atoms with van der Waals surface area (Å²) in [5, 5.41) is 4.73. The van der Waals surface area contributed by atoms with Crippen LogP contribution in [0.25, 0.3) is 28.1 Å². The molecule has 6 heteroatoms. The lowest BCUT2D eigenvalue weighted by atomic mass is 10.1. The summed E-state index contributed by atoms with van der Waals surface area (Å²) in [4.78, 5) is 4.84. The van der Waals surface area contributed by atoms with Crippen molar-refractivity contribution in [3.63, 3.8) is 0 Å². The molecule has 5 nitrogen and oxygen atoms in total. The van der Waals surface area contributed by atoms with Crippen LogP contribution in [0.4, 0.5) is 4.39 Å². The van der Waals surface area contributed by atoms with Crippen LogP contribution >= 0.6 is 0 Å². The van der Waals surface area contributed by atoms with Crippen LogP contribution in [0.1, 0.15) is 5.56 Å². The first kappa shape index (κ1) is 19.7. The SMILES string of the molecule is CN1CCN(Cc2cnn(-c3ccc(-c4ccc(F)cc4)cc3)c2-c2ccoc2)CC1. The summed E-state index contributed by atoms with van der Waals surface area (Å²) in [6.45, 7) is 5.14. The number of furan rings is 1. The molecule has 0 bridgehead atoms. The molecule has 0 aliphatic carbocycles. The molecule has 1 aliphatic rings. The van der Waals surface area contributed by atoms with Crippen LogP contribution in [-0.4, -0.2) is 52.8 Å². The number of hydrogen-bond donors (Lipinski definition) is 0. The number of hydrogen-bond acceptors (Lipinski definition) is 4. The number of halogens is 1. The molecular formula is C25H25FN4O. The maximum atomic E-state index is 13.2. The van der Waals surface area contributed by atoms with Gasteiger partial charge in [-0.05, 0) is 48.5 Å². The summed E-state index contributed by atoms with van der Waals surface area (Å²) in [6.07, 6.45) is 5.44. The van der Waals surface area contributed by atoms with E-state index in [2.05, 4.69) is 29.0 Å². The molecule has 0 amide bonds. The third kappa shape index (κ3) is 4.17. The lowest BCUT2D eigenvalue weighted by Crippen LogP contribution is -2.43. The first-order valence-electron chi connectivity index (χ1n) is 10.5. The normalized spacial score (nSPS) is 15.4. The highest BCUT2D eigenvalue weighted by atomic mass is 19.1. The van der Waals surface area contributed by atoms with Crippen LogP contribution in [0.5, 0.6) is 0 Å². The Bertz CT molecular complexity index is 1130. The van der Waals surface area contributed by atoms with Crippen molar-refractivity contribution in [2.45, 2.75) is 6.54 Å². The molecule has 3 heterocycles. The third-order valence-corrected chi connectivity index (χ3v) is 5.92. The van der Waals surface area contributed by atoms with E-state index in [9.17, 15) is 4.39 Å². The van der Waals surface area contributed by atoms with Crippen LogP contribution in [-0.2, 0) is 6.54 Å². The molecule has 0 atom stereocenters. The highest BCUT2D eigenvalue weighted by molar-refractivity contribution is 5.67. The highest BCUT2D eigenvalue weighted by Gasteiger charge is 2.20. The van der Waals surface area contributed by atoms with Crippen molar-refractivity contribution in [1.29, 1.82) is 0 Å². The summed E-state index contributed by atoms with van der Waals surface area (Å²) in [6, 6.07) is 16.7. The van der Waals surface area contributed by atoms with E-state index in [0.29, 0.717) is 0 Å². The number of piperazine rings is 1. The van der Waals surface area contributed by atoms with E-state index in [1.165, 1.54) is 17.7 Å². The van der Waals surface area contributed by atoms with E-state index in [1.807, 2.05) is 29.1 Å². The second-order valence-corrected chi connectivity index (χ2v) is 8.08. The summed E-state index contributed by atoms with van der Waals surface area (Å²) in [5.74, 6) is -0.227. The molecule has 1 aliphatic heterocycles. The van der Waals surface area contributed by atoms with Gasteiger partial charge in [0.15, 0.2) is 0 Å². The van der Waals surface area contributed by atoms with Crippen molar-refractivity contribution < 1.29 is 8.81 Å². The van der Waals surface area contributed by atoms with Crippen molar-refractivity contribution >= 4 is 0 Å². The van der Waals surface area contributed by atoms with Gasteiger partial charge in [-0.3, -0.25) is 4.90 Å². The van der Waals surface area contributed by atoms with E-state index >= 15 is 0 Å². The van der Waals surface area contributed by atoms with E-state index in [1.54, 1.807) is 24.7 Å². The molecule has 5 rings (SSSR count). The molecule has 31 heavy (non-hydrogen) atoms. The van der Waals surface area contributed by atoms with Crippen molar-refractivity contribution in [1.82, 2.24) is 19.6 Å². The number of benzene rings is 2. The monoisotopic (exact) mass is 416 g/mol. The second-order valence-electron chi connectivity index (χ2n) is 8.08. The van der Waals surface area contributed by atoms with Gasteiger partial charge in [0, 0.05) is 43.9 Å². The predicted octanol–water partition coefficient (Wildman–Crippen LogP) is 4.69. The number of aromatic nitrogens is 2. The zero-order valence-electron chi connectivity index (χ0n) is 17.5. The second kappa shape index (κ2) is 8.49. The molecule has 0 spiro atoms. The van der Waals surface area contributed by atoms with Gasteiger partial charge in [0.2, 0.25) is 0 Å². The fourth-order valence-electron chi connectivity index (χ4n) is 4.09. The predicted molar refractivity (Wildman–Crippen MR) is 119 cm³/mol. The Balaban J connectivity index is 1.46. The van der Waals surface area contributed by atoms with Gasteiger partial charge >= 0.3 is 0 Å². The maximum Gasteiger partial charge on any atom is 0.123 e. The van der Waals surface area contributed by atoms with Crippen molar-refractivity contribution in [3.8, 4) is 28.1 Å². The lowest BCUT2D eigenvalue weighted by Gasteiger charge is -2.32. The Morgan fingerprint density at radius 1 is 0.871 bits per heavy atom. The van der Waals surface area contributed by atoms with Crippen molar-refractivity contribution in [2.75, 3.05) is 33.2 Å². The van der Waals surface area contributed by atoms with Crippen LogP contribution in [0.2, 0.25) is 0 Å². The molecule has 0 N–H and O–H groups in total. The van der Waals surface area contributed by atoms with Gasteiger partial charge < -0.3 is 9.32 Å². The Morgan fingerprint density at radius 3 is 2.19 bits per heavy atom. The molecule has 158 valence electrons. The minimum Gasteiger partial charge on any atom is -0.472 e. The van der Waals surface area contributed by atoms with E-state index in [0.717, 1.165) is 60.8 Å². The zero-order valence-corrected chi connectivity index (χ0v) is 17.5. The topological polar surface area (TPSA) is 37.4 Å². The number of nitrogens with zero attached hydrogens (tertiary/aromatic N) is 4. The largest absolute Gasteiger partial charge is 0.472 e. The molecule has 1 saturated heterocycles. The molecule has 0 unspecified atom stereocenters. The molecular weight excluding hydrogens is 391 g/mol. The number of rotatable bonds is 5. The van der Waals surface area contributed by atoms with Crippen LogP contribution in [0.3, 0.4) is 0 Å². The summed E-state index contributed by atoms with van der Waals surface area (Å²) in [7, 11) is 2.17. The first-order valence-corrected chi connectivity index (χ1v) is 10.5. The fourth-order valence-corrected chi connectivity index (χ4v) is 4.09. The minimum atomic E-state index is -0.227. The van der Waals surface area contributed by atoms with Gasteiger partial charge in [-0.15, -0.1) is 0 Å². The lowest BCUT2D eigenvalue weighted by molar-refractivity contribution is 0.148. The molecule has 4 aromatic rings. The summed E-state index contributed by atoms with van der Waals surface area (Å²) >= 11 is 0. The van der Waals surface area contributed by atoms with E-state index in [-0.39, 0.29) is 5.82 Å². The Labute approximate surface area is 181 Å². The van der Waals surface area contributed by atoms with E-state index in [4.69, 9.17) is 9.52 Å². The Morgan fingerprint density at radius 2 is 1.55 bits per heavy atom. The van der Waals surface area contributed by atoms with Crippen molar-refractivity contribution in [2.24, 2.45) is 0 Å². The van der Waals surface area contributed by atoms with Crippen LogP contribution in [0, 0.1) is 5.82 Å². The molecule has 2 aromatic heterocycles. The van der Waals surface area contributed by atoms with Gasteiger partial charge in [-0.25, -0.2) is 9.07 Å². The summed E-state index contributed by atoms with van der Waals surface area (Å²) < 4.78 is 20.6. The average molecular weight is 417 g/mol. The average Bonchev–Trinajstić information content (AvgIpc) is 3.46. The quantitative estimate of drug-likeness (QED) is 0.473. The first-order chi connectivity index (χ1) is 15.2. The van der Waals surface area contributed by atoms with Crippen molar-refractivity contribution in [3.05, 3.63) is 84.7 Å². The third-order valence-electron chi connectivity index (χ3n) is 5.92. The molecule has 1 fully saturated rings. The Hall–Kier alpha value is -3.22. The van der Waals surface area contributed by atoms with E-state index < -0.39 is 0 Å². The van der Waals surface area contributed by atoms with Gasteiger partial charge in [0.25, 0.3) is 0 Å². The van der Waals surface area contributed by atoms with Gasteiger partial charge in [0.1, 0.15) is 5.82 Å². The molecule has 0 saturated carbocycles. The minimum absolute atomic E-state index is 0.227. The molecule has 0 radical (unpaired) electrons. The summed E-state index contributed by atoms with van der Waals surface area (Å²) in [5.41, 5.74) is 6.27. The smallest absolute Gasteiger partial charge is 0.123 e. The maximum absolute atomic E-state index is 13.2. The molecule has 2 aromatic carbocycles. The zero-order chi connectivity index (χ0) is 21.2.